The molecule has 0 saturated heterocycles. The molecule has 0 aliphatic heterocycles. The van der Waals surface area contributed by atoms with Crippen LogP contribution in [0.25, 0.3) is 0 Å². The van der Waals surface area contributed by atoms with Crippen molar-refractivity contribution in [1.82, 2.24) is 5.16 Å². The highest BCUT2D eigenvalue weighted by Gasteiger charge is 2.20. The minimum atomic E-state index is -0.644. The molecule has 0 bridgehead atoms. The molecule has 0 aliphatic rings. The van der Waals surface area contributed by atoms with Gasteiger partial charge in [-0.2, -0.15) is 0 Å². The lowest BCUT2D eigenvalue weighted by molar-refractivity contribution is -0.387. The lowest BCUT2D eigenvalue weighted by Crippen LogP contribution is -2.07. The molecule has 0 unspecified atom stereocenters. The molecule has 7 nitrogen and oxygen atoms in total. The number of carbonyl (C=O) groups is 1. The number of nitrogens with zero attached hydrogens (tertiary/aromatic N) is 2. The van der Waals surface area contributed by atoms with Gasteiger partial charge in [0.15, 0.2) is 0 Å². The minimum Gasteiger partial charge on any atom is -0.457 e. The molecule has 0 N–H and O–H groups in total. The molecule has 0 aliphatic carbocycles. The van der Waals surface area contributed by atoms with E-state index in [-0.39, 0.29) is 17.9 Å². The number of benzene rings is 2. The normalized spacial score (nSPS) is 10.7. The van der Waals surface area contributed by atoms with Gasteiger partial charge in [-0.05, 0) is 45.0 Å². The van der Waals surface area contributed by atoms with Gasteiger partial charge in [-0.25, -0.2) is 4.79 Å². The summed E-state index contributed by atoms with van der Waals surface area (Å²) in [7, 11) is 0. The first-order valence-corrected chi connectivity index (χ1v) is 9.28. The fraction of sp³-hybridized carbons (Fsp3) is 0.200. The molecule has 0 spiro atoms. The molecular weight excluding hydrogens is 380 g/mol. The van der Waals surface area contributed by atoms with E-state index in [1.54, 1.807) is 19.9 Å². The van der Waals surface area contributed by atoms with Crippen LogP contribution >= 0.6 is 11.8 Å². The molecule has 3 aromatic rings. The number of nitro groups is 1. The number of hydrogen-bond acceptors (Lipinski definition) is 7. The van der Waals surface area contributed by atoms with Crippen molar-refractivity contribution in [2.45, 2.75) is 37.2 Å². The second kappa shape index (κ2) is 8.26. The number of hydrogen-bond donors (Lipinski definition) is 0. The van der Waals surface area contributed by atoms with Crippen LogP contribution in [-0.2, 0) is 11.3 Å². The number of aryl methyl sites for hydroxylation is 3. The number of aromatic nitrogens is 1. The van der Waals surface area contributed by atoms with Crippen LogP contribution < -0.4 is 0 Å². The van der Waals surface area contributed by atoms with Gasteiger partial charge in [-0.3, -0.25) is 10.1 Å². The maximum Gasteiger partial charge on any atom is 0.338 e. The van der Waals surface area contributed by atoms with E-state index in [0.717, 1.165) is 10.5 Å². The van der Waals surface area contributed by atoms with Crippen LogP contribution in [0.3, 0.4) is 0 Å². The second-order valence-electron chi connectivity index (χ2n) is 6.23. The van der Waals surface area contributed by atoms with Crippen LogP contribution in [0.5, 0.6) is 0 Å². The molecular formula is C20H18N2O5S. The monoisotopic (exact) mass is 398 g/mol. The molecule has 0 atom stereocenters. The first kappa shape index (κ1) is 19.6. The average molecular weight is 398 g/mol. The number of carbonyl (C=O) groups excluding carboxylic acids is 1. The minimum absolute atomic E-state index is 0.00628. The van der Waals surface area contributed by atoms with Gasteiger partial charge in [-0.1, -0.05) is 34.6 Å². The van der Waals surface area contributed by atoms with Crippen LogP contribution in [0.15, 0.2) is 56.8 Å². The van der Waals surface area contributed by atoms with Gasteiger partial charge in [0.1, 0.15) is 12.4 Å². The van der Waals surface area contributed by atoms with Crippen LogP contribution in [-0.4, -0.2) is 16.0 Å². The third kappa shape index (κ3) is 4.40. The number of ether oxygens (including phenoxy) is 1. The van der Waals surface area contributed by atoms with E-state index in [2.05, 4.69) is 5.16 Å². The summed E-state index contributed by atoms with van der Waals surface area (Å²) in [5, 5.41) is 15.3. The lowest BCUT2D eigenvalue weighted by Gasteiger charge is -2.07. The highest BCUT2D eigenvalue weighted by molar-refractivity contribution is 7.99. The Morgan fingerprint density at radius 2 is 1.89 bits per heavy atom. The van der Waals surface area contributed by atoms with Gasteiger partial charge in [0, 0.05) is 11.0 Å². The molecule has 0 amide bonds. The van der Waals surface area contributed by atoms with E-state index in [9.17, 15) is 14.9 Å². The first-order valence-electron chi connectivity index (χ1n) is 8.47. The maximum absolute atomic E-state index is 12.3. The van der Waals surface area contributed by atoms with Crippen LogP contribution in [0.2, 0.25) is 0 Å². The molecule has 1 aromatic heterocycles. The van der Waals surface area contributed by atoms with Crippen LogP contribution in [0, 0.1) is 30.9 Å². The zero-order valence-corrected chi connectivity index (χ0v) is 16.4. The number of esters is 1. The molecule has 2 aromatic carbocycles. The van der Waals surface area contributed by atoms with Crippen molar-refractivity contribution in [2.24, 2.45) is 0 Å². The van der Waals surface area contributed by atoms with Crippen molar-refractivity contribution in [3.63, 3.8) is 0 Å². The Morgan fingerprint density at radius 1 is 1.18 bits per heavy atom. The van der Waals surface area contributed by atoms with Gasteiger partial charge >= 0.3 is 5.97 Å². The molecule has 0 fully saturated rings. The summed E-state index contributed by atoms with van der Waals surface area (Å²) in [6, 6.07) is 12.0. The second-order valence-corrected chi connectivity index (χ2v) is 7.35. The maximum atomic E-state index is 12.3. The summed E-state index contributed by atoms with van der Waals surface area (Å²) in [6.07, 6.45) is 0. The van der Waals surface area contributed by atoms with Gasteiger partial charge < -0.3 is 9.26 Å². The molecule has 0 radical (unpaired) electrons. The van der Waals surface area contributed by atoms with Gasteiger partial charge in [0.2, 0.25) is 0 Å². The topological polar surface area (TPSA) is 95.5 Å². The van der Waals surface area contributed by atoms with Crippen molar-refractivity contribution in [1.29, 1.82) is 0 Å². The molecule has 28 heavy (non-hydrogen) atoms. The van der Waals surface area contributed by atoms with Crippen molar-refractivity contribution >= 4 is 23.4 Å². The average Bonchev–Trinajstić information content (AvgIpc) is 2.99. The summed E-state index contributed by atoms with van der Waals surface area (Å²) in [5.74, 6) is -0.0730. The Morgan fingerprint density at radius 3 is 2.50 bits per heavy atom. The molecule has 8 heteroatoms. The zero-order chi connectivity index (χ0) is 20.3. The van der Waals surface area contributed by atoms with Crippen molar-refractivity contribution < 1.29 is 19.0 Å². The molecule has 0 saturated carbocycles. The molecule has 144 valence electrons. The van der Waals surface area contributed by atoms with E-state index in [1.807, 2.05) is 31.2 Å². The van der Waals surface area contributed by atoms with Gasteiger partial charge in [-0.15, -0.1) is 0 Å². The Kier molecular flexibility index (Phi) is 5.79. The smallest absolute Gasteiger partial charge is 0.338 e. The van der Waals surface area contributed by atoms with E-state index in [1.165, 1.54) is 23.9 Å². The molecule has 3 rings (SSSR count). The highest BCUT2D eigenvalue weighted by Crippen LogP contribution is 2.35. The van der Waals surface area contributed by atoms with Crippen LogP contribution in [0.1, 0.15) is 32.9 Å². The Bertz CT molecular complexity index is 1010. The third-order valence-electron chi connectivity index (χ3n) is 4.17. The van der Waals surface area contributed by atoms with Crippen molar-refractivity contribution in [3.05, 3.63) is 80.7 Å². The Labute approximate surface area is 165 Å². The largest absolute Gasteiger partial charge is 0.457 e. The van der Waals surface area contributed by atoms with E-state index in [4.69, 9.17) is 9.26 Å². The third-order valence-corrected chi connectivity index (χ3v) is 5.24. The van der Waals surface area contributed by atoms with Crippen molar-refractivity contribution in [2.75, 3.05) is 0 Å². The summed E-state index contributed by atoms with van der Waals surface area (Å²) in [5.41, 5.74) is 2.41. The fourth-order valence-electron chi connectivity index (χ4n) is 2.54. The van der Waals surface area contributed by atoms with E-state index in [0.29, 0.717) is 21.9 Å². The predicted molar refractivity (Wildman–Crippen MR) is 103 cm³/mol. The summed E-state index contributed by atoms with van der Waals surface area (Å²) >= 11 is 1.27. The van der Waals surface area contributed by atoms with E-state index >= 15 is 0 Å². The SMILES string of the molecule is Cc1ccc(Sc2ccc(C(=O)OCc3c(C)noc3C)cc2[N+](=O)[O-])cc1. The van der Waals surface area contributed by atoms with Gasteiger partial charge in [0.25, 0.3) is 5.69 Å². The quantitative estimate of drug-likeness (QED) is 0.327. The first-order chi connectivity index (χ1) is 13.3. The predicted octanol–water partition coefficient (Wildman–Crippen LogP) is 5.02. The summed E-state index contributed by atoms with van der Waals surface area (Å²) in [6.45, 7) is 5.44. The standard InChI is InChI=1S/C20H18N2O5S/c1-12-4-7-16(8-5-12)28-19-9-6-15(10-18(19)22(24)25)20(23)26-11-17-13(2)21-27-14(17)3/h4-10H,11H2,1-3H3. The summed E-state index contributed by atoms with van der Waals surface area (Å²) < 4.78 is 10.3. The molecule has 1 heterocycles. The fourth-order valence-corrected chi connectivity index (χ4v) is 3.44. The lowest BCUT2D eigenvalue weighted by atomic mass is 10.2. The number of rotatable bonds is 6. The Hall–Kier alpha value is -3.13. The van der Waals surface area contributed by atoms with Crippen LogP contribution in [0.4, 0.5) is 5.69 Å². The number of nitro benzene ring substituents is 1. The zero-order valence-electron chi connectivity index (χ0n) is 15.6. The van der Waals surface area contributed by atoms with Crippen molar-refractivity contribution in [3.8, 4) is 0 Å². The summed E-state index contributed by atoms with van der Waals surface area (Å²) in [4.78, 5) is 24.7. The van der Waals surface area contributed by atoms with E-state index < -0.39 is 10.9 Å². The van der Waals surface area contributed by atoms with Gasteiger partial charge in [0.05, 0.1) is 26.6 Å². The Balaban J connectivity index is 1.78. The highest BCUT2D eigenvalue weighted by atomic mass is 32.2.